The maximum absolute atomic E-state index is 12.6. The van der Waals surface area contributed by atoms with Gasteiger partial charge in [0.2, 0.25) is 5.88 Å². The molecule has 1 heterocycles. The topological polar surface area (TPSA) is 100.0 Å². The van der Waals surface area contributed by atoms with E-state index in [4.69, 9.17) is 4.74 Å². The van der Waals surface area contributed by atoms with E-state index in [0.29, 0.717) is 17.0 Å². The van der Waals surface area contributed by atoms with E-state index in [1.165, 1.54) is 0 Å². The average molecular weight is 326 g/mol. The molecule has 0 saturated heterocycles. The van der Waals surface area contributed by atoms with Crippen LogP contribution in [0.15, 0.2) is 39.3 Å². The molecular weight excluding hydrogens is 308 g/mol. The summed E-state index contributed by atoms with van der Waals surface area (Å²) in [6.45, 7) is 5.04. The third kappa shape index (κ3) is 3.13. The molecule has 1 aromatic carbocycles. The van der Waals surface area contributed by atoms with E-state index in [2.05, 4.69) is 10.2 Å². The minimum absolute atomic E-state index is 0.0204. The van der Waals surface area contributed by atoms with Crippen LogP contribution in [0.1, 0.15) is 31.0 Å². The molecule has 2 rings (SSSR count). The SMILES string of the molecule is COc1ccc(N=Nc2c(C)c(C#N)c(O)n(C(C)C)c2=O)cc1. The van der Waals surface area contributed by atoms with E-state index < -0.39 is 5.56 Å². The van der Waals surface area contributed by atoms with Crippen LogP contribution in [0.3, 0.4) is 0 Å². The Bertz CT molecular complexity index is 875. The minimum atomic E-state index is -0.490. The Balaban J connectivity index is 2.57. The van der Waals surface area contributed by atoms with Gasteiger partial charge in [0.25, 0.3) is 5.56 Å². The van der Waals surface area contributed by atoms with E-state index in [0.717, 1.165) is 4.57 Å². The van der Waals surface area contributed by atoms with Crippen molar-refractivity contribution in [2.24, 2.45) is 10.2 Å². The number of ether oxygens (including phenoxy) is 1. The fraction of sp³-hybridized carbons (Fsp3) is 0.294. The fourth-order valence-electron chi connectivity index (χ4n) is 2.26. The summed E-state index contributed by atoms with van der Waals surface area (Å²) >= 11 is 0. The zero-order valence-electron chi connectivity index (χ0n) is 13.9. The van der Waals surface area contributed by atoms with Gasteiger partial charge in [0.1, 0.15) is 17.4 Å². The Labute approximate surface area is 139 Å². The van der Waals surface area contributed by atoms with Crippen LogP contribution in [0.5, 0.6) is 11.6 Å². The van der Waals surface area contributed by atoms with Crippen molar-refractivity contribution in [3.05, 3.63) is 45.7 Å². The number of aromatic hydroxyl groups is 1. The molecule has 0 unspecified atom stereocenters. The highest BCUT2D eigenvalue weighted by Crippen LogP contribution is 2.28. The van der Waals surface area contributed by atoms with Crippen molar-refractivity contribution in [1.82, 2.24) is 4.57 Å². The summed E-state index contributed by atoms with van der Waals surface area (Å²) in [5.41, 5.74) is 0.406. The van der Waals surface area contributed by atoms with Crippen molar-refractivity contribution in [3.63, 3.8) is 0 Å². The van der Waals surface area contributed by atoms with Gasteiger partial charge in [-0.15, -0.1) is 5.11 Å². The van der Waals surface area contributed by atoms with Gasteiger partial charge < -0.3 is 9.84 Å². The molecule has 0 aliphatic carbocycles. The first-order valence-corrected chi connectivity index (χ1v) is 7.34. The zero-order chi connectivity index (χ0) is 17.9. The molecular formula is C17H18N4O3. The largest absolute Gasteiger partial charge is 0.497 e. The lowest BCUT2D eigenvalue weighted by molar-refractivity contribution is 0.386. The maximum atomic E-state index is 12.6. The Morgan fingerprint density at radius 3 is 2.38 bits per heavy atom. The maximum Gasteiger partial charge on any atom is 0.281 e. The molecule has 7 heteroatoms. The van der Waals surface area contributed by atoms with Crippen molar-refractivity contribution in [2.75, 3.05) is 7.11 Å². The normalized spacial score (nSPS) is 11.0. The van der Waals surface area contributed by atoms with E-state index in [1.54, 1.807) is 52.1 Å². The molecule has 0 atom stereocenters. The average Bonchev–Trinajstić information content (AvgIpc) is 2.55. The summed E-state index contributed by atoms with van der Waals surface area (Å²) in [6, 6.07) is 8.44. The minimum Gasteiger partial charge on any atom is -0.497 e. The zero-order valence-corrected chi connectivity index (χ0v) is 13.9. The first kappa shape index (κ1) is 17.2. The third-order valence-electron chi connectivity index (χ3n) is 3.57. The van der Waals surface area contributed by atoms with E-state index in [-0.39, 0.29) is 23.2 Å². The summed E-state index contributed by atoms with van der Waals surface area (Å²) in [6.07, 6.45) is 0. The van der Waals surface area contributed by atoms with Crippen LogP contribution in [0.4, 0.5) is 11.4 Å². The van der Waals surface area contributed by atoms with Crippen LogP contribution in [0, 0.1) is 18.3 Å². The second kappa shape index (κ2) is 6.96. The first-order chi connectivity index (χ1) is 11.4. The van der Waals surface area contributed by atoms with E-state index >= 15 is 0 Å². The highest BCUT2D eigenvalue weighted by molar-refractivity contribution is 5.57. The summed E-state index contributed by atoms with van der Waals surface area (Å²) in [5, 5.41) is 27.5. The molecule has 0 aliphatic heterocycles. The second-order valence-electron chi connectivity index (χ2n) is 5.45. The van der Waals surface area contributed by atoms with Crippen LogP contribution in [0.25, 0.3) is 0 Å². The first-order valence-electron chi connectivity index (χ1n) is 7.34. The number of aromatic nitrogens is 1. The molecule has 124 valence electrons. The van der Waals surface area contributed by atoms with Crippen molar-refractivity contribution < 1.29 is 9.84 Å². The van der Waals surface area contributed by atoms with Gasteiger partial charge in [-0.1, -0.05) is 0 Å². The molecule has 0 radical (unpaired) electrons. The molecule has 0 aliphatic rings. The number of hydrogen-bond acceptors (Lipinski definition) is 6. The molecule has 0 bridgehead atoms. The van der Waals surface area contributed by atoms with Crippen LogP contribution >= 0.6 is 0 Å². The highest BCUT2D eigenvalue weighted by atomic mass is 16.5. The number of pyridine rings is 1. The lowest BCUT2D eigenvalue weighted by Gasteiger charge is -2.15. The lowest BCUT2D eigenvalue weighted by Crippen LogP contribution is -2.23. The second-order valence-corrected chi connectivity index (χ2v) is 5.45. The Morgan fingerprint density at radius 2 is 1.88 bits per heavy atom. The molecule has 1 aromatic heterocycles. The standard InChI is InChI=1S/C17H18N4O3/c1-10(2)21-16(22)14(9-18)11(3)15(17(21)23)20-19-12-5-7-13(24-4)8-6-12/h5-8,10,22H,1-4H3. The van der Waals surface area contributed by atoms with Gasteiger partial charge in [0.05, 0.1) is 12.8 Å². The molecule has 2 aromatic rings. The summed E-state index contributed by atoms with van der Waals surface area (Å²) < 4.78 is 6.20. The van der Waals surface area contributed by atoms with Gasteiger partial charge in [-0.3, -0.25) is 9.36 Å². The third-order valence-corrected chi connectivity index (χ3v) is 3.57. The van der Waals surface area contributed by atoms with Crippen LogP contribution in [-0.4, -0.2) is 16.8 Å². The smallest absolute Gasteiger partial charge is 0.281 e. The van der Waals surface area contributed by atoms with Gasteiger partial charge >= 0.3 is 0 Å². The lowest BCUT2D eigenvalue weighted by atomic mass is 10.1. The number of nitriles is 1. The number of hydrogen-bond donors (Lipinski definition) is 1. The van der Waals surface area contributed by atoms with Crippen LogP contribution < -0.4 is 10.3 Å². The van der Waals surface area contributed by atoms with Crippen molar-refractivity contribution >= 4 is 11.4 Å². The summed E-state index contributed by atoms with van der Waals surface area (Å²) in [5.74, 6) is 0.335. The predicted octanol–water partition coefficient (Wildman–Crippen LogP) is 3.74. The number of azo groups is 1. The summed E-state index contributed by atoms with van der Waals surface area (Å²) in [7, 11) is 1.56. The van der Waals surface area contributed by atoms with Crippen molar-refractivity contribution in [1.29, 1.82) is 5.26 Å². The Morgan fingerprint density at radius 1 is 1.25 bits per heavy atom. The van der Waals surface area contributed by atoms with Gasteiger partial charge in [0, 0.05) is 11.6 Å². The quantitative estimate of drug-likeness (QED) is 0.865. The predicted molar refractivity (Wildman–Crippen MR) is 89.4 cm³/mol. The molecule has 0 fully saturated rings. The van der Waals surface area contributed by atoms with Crippen molar-refractivity contribution in [3.8, 4) is 17.7 Å². The van der Waals surface area contributed by atoms with E-state index in [9.17, 15) is 15.2 Å². The number of rotatable bonds is 4. The van der Waals surface area contributed by atoms with Crippen LogP contribution in [-0.2, 0) is 0 Å². The molecule has 1 N–H and O–H groups in total. The molecule has 7 nitrogen and oxygen atoms in total. The van der Waals surface area contributed by atoms with Gasteiger partial charge in [-0.2, -0.15) is 10.4 Å². The van der Waals surface area contributed by atoms with Crippen molar-refractivity contribution in [2.45, 2.75) is 26.8 Å². The van der Waals surface area contributed by atoms with Crippen LogP contribution in [0.2, 0.25) is 0 Å². The van der Waals surface area contributed by atoms with Gasteiger partial charge in [0.15, 0.2) is 5.69 Å². The molecule has 0 spiro atoms. The Kier molecular flexibility index (Phi) is 4.99. The number of nitrogens with zero attached hydrogens (tertiary/aromatic N) is 4. The number of methoxy groups -OCH3 is 1. The summed E-state index contributed by atoms with van der Waals surface area (Å²) in [4.78, 5) is 12.6. The fourth-order valence-corrected chi connectivity index (χ4v) is 2.26. The highest BCUT2D eigenvalue weighted by Gasteiger charge is 2.20. The van der Waals surface area contributed by atoms with Gasteiger partial charge in [-0.25, -0.2) is 0 Å². The molecule has 0 saturated carbocycles. The van der Waals surface area contributed by atoms with E-state index in [1.807, 2.05) is 6.07 Å². The van der Waals surface area contributed by atoms with Gasteiger partial charge in [-0.05, 0) is 45.0 Å². The number of benzene rings is 1. The molecule has 0 amide bonds. The monoisotopic (exact) mass is 326 g/mol. The molecule has 24 heavy (non-hydrogen) atoms. The Hall–Kier alpha value is -3.14.